The number of carbonyl (C=O) groups is 1. The van der Waals surface area contributed by atoms with Crippen LogP contribution in [0.4, 0.5) is 0 Å². The van der Waals surface area contributed by atoms with Crippen molar-refractivity contribution in [3.63, 3.8) is 0 Å². The van der Waals surface area contributed by atoms with Crippen molar-refractivity contribution in [3.8, 4) is 0 Å². The van der Waals surface area contributed by atoms with E-state index in [0.717, 1.165) is 51.0 Å². The zero-order valence-corrected chi connectivity index (χ0v) is 15.9. The highest BCUT2D eigenvalue weighted by Crippen LogP contribution is 2.42. The van der Waals surface area contributed by atoms with Gasteiger partial charge in [-0.05, 0) is 38.8 Å². The molecule has 0 saturated carbocycles. The first-order chi connectivity index (χ1) is 12.5. The average Bonchev–Trinajstić information content (AvgIpc) is 3.31. The van der Waals surface area contributed by atoms with Crippen LogP contribution in [-0.2, 0) is 16.8 Å². The summed E-state index contributed by atoms with van der Waals surface area (Å²) in [6.45, 7) is 9.77. The van der Waals surface area contributed by atoms with Gasteiger partial charge in [0, 0.05) is 37.9 Å². The molecule has 140 valence electrons. The second kappa shape index (κ2) is 6.54. The number of aromatic amines is 1. The molecule has 26 heavy (non-hydrogen) atoms. The summed E-state index contributed by atoms with van der Waals surface area (Å²) in [5.41, 5.74) is 3.53. The molecule has 7 nitrogen and oxygen atoms in total. The molecule has 1 atom stereocenters. The van der Waals surface area contributed by atoms with Gasteiger partial charge < -0.3 is 9.88 Å². The zero-order valence-electron chi connectivity index (χ0n) is 15.9. The lowest BCUT2D eigenvalue weighted by atomic mass is 9.78. The molecule has 0 aliphatic carbocycles. The summed E-state index contributed by atoms with van der Waals surface area (Å²) in [4.78, 5) is 25.5. The first kappa shape index (κ1) is 17.3. The van der Waals surface area contributed by atoms with Crippen molar-refractivity contribution in [1.29, 1.82) is 0 Å². The normalized spacial score (nSPS) is 21.0. The minimum absolute atomic E-state index is 0.0232. The van der Waals surface area contributed by atoms with Gasteiger partial charge in [0.1, 0.15) is 6.04 Å². The molecule has 2 aromatic heterocycles. The third-order valence-corrected chi connectivity index (χ3v) is 6.16. The Morgan fingerprint density at radius 1 is 1.35 bits per heavy atom. The van der Waals surface area contributed by atoms with Gasteiger partial charge in [0.05, 0.1) is 23.8 Å². The van der Waals surface area contributed by atoms with E-state index in [2.05, 4.69) is 26.9 Å². The highest BCUT2D eigenvalue weighted by molar-refractivity contribution is 5.80. The Balaban J connectivity index is 1.51. The monoisotopic (exact) mass is 356 g/mol. The number of hydrogen-bond acceptors (Lipinski definition) is 4. The van der Waals surface area contributed by atoms with Crippen LogP contribution in [0.2, 0.25) is 0 Å². The molecule has 2 aliphatic rings. The maximum absolute atomic E-state index is 13.0. The van der Waals surface area contributed by atoms with Gasteiger partial charge >= 0.3 is 0 Å². The van der Waals surface area contributed by atoms with Crippen LogP contribution < -0.4 is 0 Å². The molecular formula is C19H28N6O. The minimum atomic E-state index is -0.257. The fourth-order valence-corrected chi connectivity index (χ4v) is 4.66. The molecule has 0 aromatic carbocycles. The predicted molar refractivity (Wildman–Crippen MR) is 98.7 cm³/mol. The lowest BCUT2D eigenvalue weighted by Crippen LogP contribution is -2.57. The van der Waals surface area contributed by atoms with Gasteiger partial charge in [0.15, 0.2) is 0 Å². The van der Waals surface area contributed by atoms with Crippen molar-refractivity contribution in [3.05, 3.63) is 35.7 Å². The number of likely N-dealkylation sites (N-methyl/N-ethyl adjacent to an activating group) is 1. The molecule has 7 heteroatoms. The lowest BCUT2D eigenvalue weighted by Gasteiger charge is -2.50. The Kier molecular flexibility index (Phi) is 4.34. The Morgan fingerprint density at radius 3 is 2.77 bits per heavy atom. The van der Waals surface area contributed by atoms with Gasteiger partial charge in [0.25, 0.3) is 0 Å². The highest BCUT2D eigenvalue weighted by atomic mass is 16.2. The number of piperidine rings is 1. The number of fused-ring (bicyclic) bond motifs is 2. The summed E-state index contributed by atoms with van der Waals surface area (Å²) >= 11 is 0. The first-order valence-electron chi connectivity index (χ1n) is 9.62. The number of amides is 1. The van der Waals surface area contributed by atoms with Crippen LogP contribution in [0.1, 0.15) is 49.7 Å². The van der Waals surface area contributed by atoms with Crippen LogP contribution >= 0.6 is 0 Å². The third kappa shape index (κ3) is 2.65. The van der Waals surface area contributed by atoms with Gasteiger partial charge in [-0.2, -0.15) is 5.10 Å². The van der Waals surface area contributed by atoms with Crippen molar-refractivity contribution in [2.75, 3.05) is 26.2 Å². The Morgan fingerprint density at radius 2 is 2.12 bits per heavy atom. The van der Waals surface area contributed by atoms with Crippen LogP contribution in [0, 0.1) is 6.92 Å². The fraction of sp³-hybridized carbons (Fsp3) is 0.632. The summed E-state index contributed by atoms with van der Waals surface area (Å²) in [7, 11) is 0. The number of imidazole rings is 1. The van der Waals surface area contributed by atoms with E-state index in [1.807, 2.05) is 31.3 Å². The van der Waals surface area contributed by atoms with Crippen molar-refractivity contribution in [2.24, 2.45) is 0 Å². The molecule has 1 saturated heterocycles. The molecular weight excluding hydrogens is 328 g/mol. The van der Waals surface area contributed by atoms with Crippen LogP contribution in [0.3, 0.4) is 0 Å². The van der Waals surface area contributed by atoms with E-state index < -0.39 is 0 Å². The summed E-state index contributed by atoms with van der Waals surface area (Å²) in [5.74, 6) is 0.157. The average molecular weight is 356 g/mol. The maximum Gasteiger partial charge on any atom is 0.247 e. The fourth-order valence-electron chi connectivity index (χ4n) is 4.66. The number of nitrogens with zero attached hydrogens (tertiary/aromatic N) is 5. The van der Waals surface area contributed by atoms with Crippen molar-refractivity contribution >= 4 is 5.91 Å². The second-order valence-electron chi connectivity index (χ2n) is 7.59. The number of aromatic nitrogens is 4. The summed E-state index contributed by atoms with van der Waals surface area (Å²) in [6, 6.07) is -0.257. The number of likely N-dealkylation sites (tertiary alicyclic amines) is 1. The molecule has 1 N–H and O–H groups in total. The van der Waals surface area contributed by atoms with Gasteiger partial charge in [-0.15, -0.1) is 0 Å². The maximum atomic E-state index is 13.0. The number of carbonyl (C=O) groups excluding carboxylic acids is 1. The summed E-state index contributed by atoms with van der Waals surface area (Å²) < 4.78 is 1.77. The topological polar surface area (TPSA) is 70.1 Å². The standard InChI is InChI=1S/C19H28N6O/c1-4-24-8-5-16-17(21-13-20-16)19(24)6-9-23(10-7-19)18(26)15(3)25-12-14(2)11-22-25/h11-13,15H,4-10H2,1-3H3,(H,20,21)/t15-/m1/s1. The van der Waals surface area contributed by atoms with Crippen LogP contribution in [0.15, 0.2) is 18.7 Å². The van der Waals surface area contributed by atoms with E-state index in [9.17, 15) is 4.79 Å². The highest BCUT2D eigenvalue weighted by Gasteiger charge is 2.46. The van der Waals surface area contributed by atoms with Crippen LogP contribution in [0.5, 0.6) is 0 Å². The molecule has 0 radical (unpaired) electrons. The molecule has 1 amide bonds. The van der Waals surface area contributed by atoms with E-state index >= 15 is 0 Å². The first-order valence-corrected chi connectivity index (χ1v) is 9.62. The zero-order chi connectivity index (χ0) is 18.3. The second-order valence-corrected chi connectivity index (χ2v) is 7.59. The number of aryl methyl sites for hydroxylation is 1. The molecule has 1 spiro atoms. The smallest absolute Gasteiger partial charge is 0.247 e. The molecule has 0 bridgehead atoms. The Labute approximate surface area is 154 Å². The number of rotatable bonds is 3. The molecule has 1 fully saturated rings. The third-order valence-electron chi connectivity index (χ3n) is 6.16. The summed E-state index contributed by atoms with van der Waals surface area (Å²) in [6.07, 6.45) is 8.47. The van der Waals surface area contributed by atoms with Crippen molar-refractivity contribution in [1.82, 2.24) is 29.5 Å². The van der Waals surface area contributed by atoms with Gasteiger partial charge in [-0.3, -0.25) is 14.4 Å². The van der Waals surface area contributed by atoms with Gasteiger partial charge in [-0.1, -0.05) is 6.92 Å². The van der Waals surface area contributed by atoms with E-state index in [1.165, 1.54) is 11.4 Å². The van der Waals surface area contributed by atoms with E-state index in [1.54, 1.807) is 10.9 Å². The number of hydrogen-bond donors (Lipinski definition) is 1. The summed E-state index contributed by atoms with van der Waals surface area (Å²) in [5, 5.41) is 4.31. The molecule has 4 rings (SSSR count). The van der Waals surface area contributed by atoms with Crippen molar-refractivity contribution < 1.29 is 4.79 Å². The van der Waals surface area contributed by atoms with E-state index in [-0.39, 0.29) is 17.5 Å². The molecule has 4 heterocycles. The SMILES string of the molecule is CCN1CCc2[nH]cnc2C12CCN(C(=O)[C@@H](C)n1cc(C)cn1)CC2. The minimum Gasteiger partial charge on any atom is -0.348 e. The predicted octanol–water partition coefficient (Wildman–Crippen LogP) is 1.87. The van der Waals surface area contributed by atoms with Crippen LogP contribution in [-0.4, -0.2) is 61.6 Å². The Hall–Kier alpha value is -2.15. The molecule has 0 unspecified atom stereocenters. The van der Waals surface area contributed by atoms with E-state index in [4.69, 9.17) is 0 Å². The largest absolute Gasteiger partial charge is 0.348 e. The number of nitrogens with one attached hydrogen (secondary N) is 1. The Bertz CT molecular complexity index is 786. The molecule has 2 aliphatic heterocycles. The lowest BCUT2D eigenvalue weighted by molar-refractivity contribution is -0.137. The van der Waals surface area contributed by atoms with E-state index in [0.29, 0.717) is 0 Å². The quantitative estimate of drug-likeness (QED) is 0.911. The number of H-pyrrole nitrogens is 1. The van der Waals surface area contributed by atoms with Crippen LogP contribution in [0.25, 0.3) is 0 Å². The van der Waals surface area contributed by atoms with Crippen molar-refractivity contribution in [2.45, 2.75) is 51.6 Å². The molecule has 2 aromatic rings. The van der Waals surface area contributed by atoms with Gasteiger partial charge in [-0.25, -0.2) is 4.98 Å². The van der Waals surface area contributed by atoms with Gasteiger partial charge in [0.2, 0.25) is 5.91 Å².